The number of hydrogen-bond acceptors (Lipinski definition) is 3. The molecular weight excluding hydrogens is 326 g/mol. The van der Waals surface area contributed by atoms with Crippen molar-refractivity contribution in [3.63, 3.8) is 0 Å². The van der Waals surface area contributed by atoms with Crippen molar-refractivity contribution in [3.05, 3.63) is 35.4 Å². The van der Waals surface area contributed by atoms with Crippen LogP contribution in [0.3, 0.4) is 0 Å². The van der Waals surface area contributed by atoms with Gasteiger partial charge in [-0.1, -0.05) is 45.0 Å². The van der Waals surface area contributed by atoms with E-state index in [-0.39, 0.29) is 11.5 Å². The zero-order chi connectivity index (χ0) is 18.8. The maximum Gasteiger partial charge on any atom is 0.191 e. The van der Waals surface area contributed by atoms with Gasteiger partial charge in [-0.25, -0.2) is 4.99 Å². The van der Waals surface area contributed by atoms with Gasteiger partial charge < -0.3 is 20.1 Å². The predicted molar refractivity (Wildman–Crippen MR) is 108 cm³/mol. The van der Waals surface area contributed by atoms with Gasteiger partial charge in [-0.3, -0.25) is 0 Å². The summed E-state index contributed by atoms with van der Waals surface area (Å²) in [6.07, 6.45) is 2.26. The molecule has 1 aliphatic rings. The molecule has 0 bridgehead atoms. The van der Waals surface area contributed by atoms with Crippen molar-refractivity contribution in [1.82, 2.24) is 10.6 Å². The van der Waals surface area contributed by atoms with Crippen molar-refractivity contribution >= 4 is 5.96 Å². The number of guanidine groups is 1. The SMILES string of the molecule is CCNC(=NCc1ccc(C(C)(C)C)cc1)NCCCOC1CCOC1. The first-order valence-corrected chi connectivity index (χ1v) is 9.80. The van der Waals surface area contributed by atoms with Crippen LogP contribution < -0.4 is 10.6 Å². The Morgan fingerprint density at radius 2 is 2.00 bits per heavy atom. The van der Waals surface area contributed by atoms with Crippen molar-refractivity contribution in [1.29, 1.82) is 0 Å². The summed E-state index contributed by atoms with van der Waals surface area (Å²) in [5.74, 6) is 0.858. The minimum Gasteiger partial charge on any atom is -0.379 e. The highest BCUT2D eigenvalue weighted by molar-refractivity contribution is 5.79. The van der Waals surface area contributed by atoms with E-state index >= 15 is 0 Å². The molecular formula is C21H35N3O2. The minimum atomic E-state index is 0.185. The lowest BCUT2D eigenvalue weighted by atomic mass is 9.87. The molecule has 2 rings (SSSR count). The zero-order valence-electron chi connectivity index (χ0n) is 16.8. The third kappa shape index (κ3) is 7.34. The number of hydrogen-bond donors (Lipinski definition) is 2. The van der Waals surface area contributed by atoms with E-state index in [1.807, 2.05) is 0 Å². The van der Waals surface area contributed by atoms with E-state index in [4.69, 9.17) is 9.47 Å². The highest BCUT2D eigenvalue weighted by Crippen LogP contribution is 2.22. The second kappa shape index (κ2) is 10.5. The molecule has 146 valence electrons. The van der Waals surface area contributed by atoms with Crippen LogP contribution in [0.4, 0.5) is 0 Å². The Balaban J connectivity index is 1.74. The lowest BCUT2D eigenvalue weighted by Crippen LogP contribution is -2.38. The normalized spacial score (nSPS) is 18.2. The third-order valence-corrected chi connectivity index (χ3v) is 4.44. The van der Waals surface area contributed by atoms with E-state index in [0.29, 0.717) is 6.54 Å². The molecule has 1 saturated heterocycles. The average molecular weight is 362 g/mol. The quantitative estimate of drug-likeness (QED) is 0.424. The van der Waals surface area contributed by atoms with Gasteiger partial charge in [0.15, 0.2) is 5.96 Å². The molecule has 0 amide bonds. The monoisotopic (exact) mass is 361 g/mol. The lowest BCUT2D eigenvalue weighted by Gasteiger charge is -2.19. The smallest absolute Gasteiger partial charge is 0.191 e. The molecule has 0 radical (unpaired) electrons. The second-order valence-corrected chi connectivity index (χ2v) is 7.78. The van der Waals surface area contributed by atoms with E-state index in [1.54, 1.807) is 0 Å². The molecule has 1 fully saturated rings. The third-order valence-electron chi connectivity index (χ3n) is 4.44. The lowest BCUT2D eigenvalue weighted by molar-refractivity contribution is 0.0420. The summed E-state index contributed by atoms with van der Waals surface area (Å²) in [4.78, 5) is 4.68. The molecule has 1 atom stereocenters. The number of nitrogens with one attached hydrogen (secondary N) is 2. The van der Waals surface area contributed by atoms with E-state index in [9.17, 15) is 0 Å². The largest absolute Gasteiger partial charge is 0.379 e. The molecule has 5 heteroatoms. The maximum absolute atomic E-state index is 5.79. The van der Waals surface area contributed by atoms with Gasteiger partial charge >= 0.3 is 0 Å². The average Bonchev–Trinajstić information content (AvgIpc) is 3.12. The Hall–Kier alpha value is -1.59. The Labute approximate surface area is 158 Å². The van der Waals surface area contributed by atoms with Gasteiger partial charge in [-0.2, -0.15) is 0 Å². The van der Waals surface area contributed by atoms with Gasteiger partial charge in [0.25, 0.3) is 0 Å². The van der Waals surface area contributed by atoms with Crippen LogP contribution in [0.25, 0.3) is 0 Å². The summed E-state index contributed by atoms with van der Waals surface area (Å²) < 4.78 is 11.1. The van der Waals surface area contributed by atoms with Crippen molar-refractivity contribution in [2.45, 2.75) is 58.6 Å². The first kappa shape index (κ1) is 20.7. The number of nitrogens with zero attached hydrogens (tertiary/aromatic N) is 1. The van der Waals surface area contributed by atoms with Crippen LogP contribution >= 0.6 is 0 Å². The summed E-state index contributed by atoms with van der Waals surface area (Å²) in [5.41, 5.74) is 2.76. The van der Waals surface area contributed by atoms with Crippen LogP contribution in [0.2, 0.25) is 0 Å². The van der Waals surface area contributed by atoms with Gasteiger partial charge in [0, 0.05) is 26.3 Å². The van der Waals surface area contributed by atoms with Crippen molar-refractivity contribution in [3.8, 4) is 0 Å². The van der Waals surface area contributed by atoms with Crippen LogP contribution in [0.5, 0.6) is 0 Å². The minimum absolute atomic E-state index is 0.185. The van der Waals surface area contributed by atoms with E-state index < -0.39 is 0 Å². The van der Waals surface area contributed by atoms with Gasteiger partial charge in [0.05, 0.1) is 19.3 Å². The first-order chi connectivity index (χ1) is 12.5. The molecule has 5 nitrogen and oxygen atoms in total. The van der Waals surface area contributed by atoms with Gasteiger partial charge in [-0.05, 0) is 36.3 Å². The van der Waals surface area contributed by atoms with Gasteiger partial charge in [0.1, 0.15) is 0 Å². The Morgan fingerprint density at radius 1 is 1.23 bits per heavy atom. The maximum atomic E-state index is 5.79. The topological polar surface area (TPSA) is 54.9 Å². The van der Waals surface area contributed by atoms with Crippen molar-refractivity contribution in [2.24, 2.45) is 4.99 Å². The highest BCUT2D eigenvalue weighted by atomic mass is 16.5. The standard InChI is InChI=1S/C21H35N3O2/c1-5-22-20(23-12-6-13-26-19-11-14-25-16-19)24-15-17-7-9-18(10-8-17)21(2,3)4/h7-10,19H,5-6,11-16H2,1-4H3,(H2,22,23,24). The van der Waals surface area contributed by atoms with E-state index in [0.717, 1.165) is 51.7 Å². The fourth-order valence-electron chi connectivity index (χ4n) is 2.80. The molecule has 26 heavy (non-hydrogen) atoms. The van der Waals surface area contributed by atoms with Crippen LogP contribution in [-0.4, -0.2) is 45.0 Å². The summed E-state index contributed by atoms with van der Waals surface area (Å²) in [5, 5.41) is 6.68. The highest BCUT2D eigenvalue weighted by Gasteiger charge is 2.15. The second-order valence-electron chi connectivity index (χ2n) is 7.78. The Kier molecular flexibility index (Phi) is 8.39. The summed E-state index contributed by atoms with van der Waals surface area (Å²) in [6.45, 7) is 13.5. The van der Waals surface area contributed by atoms with Crippen molar-refractivity contribution in [2.75, 3.05) is 32.9 Å². The Bertz CT molecular complexity index is 543. The van der Waals surface area contributed by atoms with Gasteiger partial charge in [0.2, 0.25) is 0 Å². The number of rotatable bonds is 8. The number of aliphatic imine (C=N–C) groups is 1. The molecule has 1 aliphatic heterocycles. The summed E-state index contributed by atoms with van der Waals surface area (Å²) in [7, 11) is 0. The van der Waals surface area contributed by atoms with Crippen molar-refractivity contribution < 1.29 is 9.47 Å². The fourth-order valence-corrected chi connectivity index (χ4v) is 2.80. The Morgan fingerprint density at radius 3 is 2.62 bits per heavy atom. The zero-order valence-corrected chi connectivity index (χ0v) is 16.8. The molecule has 2 N–H and O–H groups in total. The number of benzene rings is 1. The first-order valence-electron chi connectivity index (χ1n) is 9.80. The van der Waals surface area contributed by atoms with Crippen LogP contribution in [0.15, 0.2) is 29.3 Å². The molecule has 1 aromatic carbocycles. The molecule has 0 saturated carbocycles. The molecule has 1 aromatic rings. The molecule has 0 aromatic heterocycles. The molecule has 0 aliphatic carbocycles. The predicted octanol–water partition coefficient (Wildman–Crippen LogP) is 3.23. The fraction of sp³-hybridized carbons (Fsp3) is 0.667. The van der Waals surface area contributed by atoms with Crippen LogP contribution in [-0.2, 0) is 21.4 Å². The van der Waals surface area contributed by atoms with E-state index in [1.165, 1.54) is 11.1 Å². The van der Waals surface area contributed by atoms with Crippen LogP contribution in [0, 0.1) is 0 Å². The van der Waals surface area contributed by atoms with Crippen LogP contribution in [0.1, 0.15) is 51.7 Å². The summed E-state index contributed by atoms with van der Waals surface area (Å²) in [6, 6.07) is 8.75. The van der Waals surface area contributed by atoms with E-state index in [2.05, 4.69) is 67.6 Å². The molecule has 1 heterocycles. The van der Waals surface area contributed by atoms with Gasteiger partial charge in [-0.15, -0.1) is 0 Å². The molecule has 0 spiro atoms. The summed E-state index contributed by atoms with van der Waals surface area (Å²) >= 11 is 0. The number of ether oxygens (including phenoxy) is 2. The molecule has 1 unspecified atom stereocenters.